The summed E-state index contributed by atoms with van der Waals surface area (Å²) >= 11 is 0. The molecule has 4 rings (SSSR count). The van der Waals surface area contributed by atoms with Crippen molar-refractivity contribution < 1.29 is 4.79 Å². The zero-order chi connectivity index (χ0) is 17.8. The molecule has 2 heterocycles. The summed E-state index contributed by atoms with van der Waals surface area (Å²) in [6.07, 6.45) is 0. The first-order valence-corrected chi connectivity index (χ1v) is 8.48. The van der Waals surface area contributed by atoms with Crippen molar-refractivity contribution in [2.45, 2.75) is 6.54 Å². The number of amides is 1. The smallest absolute Gasteiger partial charge is 0.246 e. The normalized spacial score (nSPS) is 13.2. The number of carbonyl (C=O) groups excluding carboxylic acids is 1. The van der Waals surface area contributed by atoms with Gasteiger partial charge in [0.25, 0.3) is 0 Å². The van der Waals surface area contributed by atoms with Gasteiger partial charge in [-0.15, -0.1) is 0 Å². The van der Waals surface area contributed by atoms with E-state index in [9.17, 15) is 4.79 Å². The molecule has 128 valence electrons. The molecule has 0 atom stereocenters. The fourth-order valence-electron chi connectivity index (χ4n) is 2.87. The van der Waals surface area contributed by atoms with Gasteiger partial charge in [0, 0.05) is 12.1 Å². The van der Waals surface area contributed by atoms with Crippen LogP contribution in [-0.4, -0.2) is 23.1 Å². The molecule has 0 spiro atoms. The Hall–Kier alpha value is -3.47. The van der Waals surface area contributed by atoms with E-state index in [0.717, 1.165) is 17.1 Å². The van der Waals surface area contributed by atoms with Crippen LogP contribution in [0.5, 0.6) is 0 Å². The standard InChI is InChI=1S/C21H18N4O/c26-19-14-23-20(16-9-5-2-6-10-16)21-17(24-19)11-12-18(25-21)22-13-15-7-3-1-4-8-15/h1-12H,13-14H2,(H,22,25)(H,24,26). The van der Waals surface area contributed by atoms with Crippen LogP contribution in [0.15, 0.2) is 77.8 Å². The predicted molar refractivity (Wildman–Crippen MR) is 104 cm³/mol. The number of carbonyl (C=O) groups is 1. The number of anilines is 2. The Balaban J connectivity index is 1.67. The van der Waals surface area contributed by atoms with Gasteiger partial charge in [-0.1, -0.05) is 60.7 Å². The fraction of sp³-hybridized carbons (Fsp3) is 0.0952. The van der Waals surface area contributed by atoms with Crippen LogP contribution in [-0.2, 0) is 11.3 Å². The highest BCUT2D eigenvalue weighted by atomic mass is 16.1. The lowest BCUT2D eigenvalue weighted by atomic mass is 10.1. The lowest BCUT2D eigenvalue weighted by molar-refractivity contribution is -0.114. The quantitative estimate of drug-likeness (QED) is 0.763. The molecule has 2 N–H and O–H groups in total. The minimum absolute atomic E-state index is 0.0906. The Labute approximate surface area is 151 Å². The second-order valence-corrected chi connectivity index (χ2v) is 6.01. The number of aromatic nitrogens is 1. The molecule has 2 aromatic carbocycles. The van der Waals surface area contributed by atoms with Crippen LogP contribution in [0, 0.1) is 0 Å². The van der Waals surface area contributed by atoms with E-state index in [2.05, 4.69) is 27.8 Å². The molecule has 0 saturated carbocycles. The van der Waals surface area contributed by atoms with Gasteiger partial charge in [-0.05, 0) is 17.7 Å². The van der Waals surface area contributed by atoms with E-state index in [4.69, 9.17) is 4.98 Å². The second kappa shape index (κ2) is 7.19. The van der Waals surface area contributed by atoms with Gasteiger partial charge in [-0.25, -0.2) is 4.98 Å². The molecule has 0 fully saturated rings. The van der Waals surface area contributed by atoms with Gasteiger partial charge in [0.15, 0.2) is 0 Å². The van der Waals surface area contributed by atoms with Crippen molar-refractivity contribution in [3.8, 4) is 0 Å². The first-order valence-electron chi connectivity index (χ1n) is 8.48. The maximum atomic E-state index is 12.0. The molecular formula is C21H18N4O. The number of nitrogens with zero attached hydrogens (tertiary/aromatic N) is 2. The second-order valence-electron chi connectivity index (χ2n) is 6.01. The third-order valence-corrected chi connectivity index (χ3v) is 4.14. The predicted octanol–water partition coefficient (Wildman–Crippen LogP) is 3.48. The van der Waals surface area contributed by atoms with Crippen LogP contribution < -0.4 is 10.6 Å². The van der Waals surface area contributed by atoms with Crippen molar-refractivity contribution in [3.63, 3.8) is 0 Å². The van der Waals surface area contributed by atoms with Crippen LogP contribution in [0.25, 0.3) is 0 Å². The van der Waals surface area contributed by atoms with Crippen molar-refractivity contribution >= 4 is 23.1 Å². The molecule has 3 aromatic rings. The highest BCUT2D eigenvalue weighted by Crippen LogP contribution is 2.23. The van der Waals surface area contributed by atoms with Gasteiger partial charge >= 0.3 is 0 Å². The topological polar surface area (TPSA) is 66.4 Å². The van der Waals surface area contributed by atoms with Crippen LogP contribution in [0.3, 0.4) is 0 Å². The van der Waals surface area contributed by atoms with Crippen molar-refractivity contribution in [1.82, 2.24) is 4.98 Å². The van der Waals surface area contributed by atoms with E-state index in [1.54, 1.807) is 0 Å². The van der Waals surface area contributed by atoms with E-state index >= 15 is 0 Å². The summed E-state index contributed by atoms with van der Waals surface area (Å²) in [6, 6.07) is 23.7. The third-order valence-electron chi connectivity index (χ3n) is 4.14. The van der Waals surface area contributed by atoms with Gasteiger partial charge in [0.1, 0.15) is 18.1 Å². The lowest BCUT2D eigenvalue weighted by Crippen LogP contribution is -2.14. The molecule has 0 unspecified atom stereocenters. The number of benzene rings is 2. The number of rotatable bonds is 4. The van der Waals surface area contributed by atoms with Crippen molar-refractivity contribution in [2.24, 2.45) is 4.99 Å². The number of aliphatic imine (C=N–C) groups is 1. The number of pyridine rings is 1. The van der Waals surface area contributed by atoms with E-state index in [1.165, 1.54) is 5.56 Å². The van der Waals surface area contributed by atoms with E-state index in [1.807, 2.05) is 60.7 Å². The summed E-state index contributed by atoms with van der Waals surface area (Å²) in [4.78, 5) is 21.2. The monoisotopic (exact) mass is 342 g/mol. The summed E-state index contributed by atoms with van der Waals surface area (Å²) in [5.41, 5.74) is 4.20. The molecule has 1 aliphatic heterocycles. The molecule has 5 nitrogen and oxygen atoms in total. The molecule has 1 aromatic heterocycles. The Bertz CT molecular complexity index is 952. The average molecular weight is 342 g/mol. The zero-order valence-electron chi connectivity index (χ0n) is 14.1. The van der Waals surface area contributed by atoms with Crippen LogP contribution in [0.2, 0.25) is 0 Å². The van der Waals surface area contributed by atoms with Gasteiger partial charge < -0.3 is 10.6 Å². The first-order chi connectivity index (χ1) is 12.8. The van der Waals surface area contributed by atoms with E-state index in [-0.39, 0.29) is 12.5 Å². The van der Waals surface area contributed by atoms with Crippen molar-refractivity contribution in [2.75, 3.05) is 17.2 Å². The average Bonchev–Trinajstić information content (AvgIpc) is 2.86. The summed E-state index contributed by atoms with van der Waals surface area (Å²) in [5.74, 6) is 0.608. The van der Waals surface area contributed by atoms with Gasteiger partial charge in [-0.3, -0.25) is 9.79 Å². The first kappa shape index (κ1) is 16.0. The molecule has 5 heteroatoms. The molecular weight excluding hydrogens is 324 g/mol. The Morgan fingerprint density at radius 2 is 1.65 bits per heavy atom. The Morgan fingerprint density at radius 1 is 0.923 bits per heavy atom. The van der Waals surface area contributed by atoms with E-state index < -0.39 is 0 Å². The molecule has 0 saturated heterocycles. The molecule has 0 bridgehead atoms. The number of hydrogen-bond acceptors (Lipinski definition) is 4. The molecule has 0 aliphatic carbocycles. The Morgan fingerprint density at radius 3 is 2.42 bits per heavy atom. The number of fused-ring (bicyclic) bond motifs is 1. The highest BCUT2D eigenvalue weighted by Gasteiger charge is 2.19. The van der Waals surface area contributed by atoms with Crippen LogP contribution in [0.1, 0.15) is 16.8 Å². The summed E-state index contributed by atoms with van der Waals surface area (Å²) < 4.78 is 0. The molecule has 1 aliphatic rings. The minimum atomic E-state index is -0.135. The maximum Gasteiger partial charge on any atom is 0.246 e. The van der Waals surface area contributed by atoms with Crippen LogP contribution in [0.4, 0.5) is 11.5 Å². The van der Waals surface area contributed by atoms with Gasteiger partial charge in [-0.2, -0.15) is 0 Å². The van der Waals surface area contributed by atoms with Gasteiger partial charge in [0.2, 0.25) is 5.91 Å². The lowest BCUT2D eigenvalue weighted by Gasteiger charge is -2.12. The summed E-state index contributed by atoms with van der Waals surface area (Å²) in [5, 5.41) is 6.22. The molecule has 1 amide bonds. The zero-order valence-corrected chi connectivity index (χ0v) is 14.1. The molecule has 0 radical (unpaired) electrons. The fourth-order valence-corrected chi connectivity index (χ4v) is 2.87. The minimum Gasteiger partial charge on any atom is -0.366 e. The number of nitrogens with one attached hydrogen (secondary N) is 2. The van der Waals surface area contributed by atoms with Gasteiger partial charge in [0.05, 0.1) is 11.4 Å². The van der Waals surface area contributed by atoms with Crippen LogP contribution >= 0.6 is 0 Å². The third kappa shape index (κ3) is 3.47. The van der Waals surface area contributed by atoms with E-state index in [0.29, 0.717) is 17.9 Å². The number of hydrogen-bond donors (Lipinski definition) is 2. The van der Waals surface area contributed by atoms with Crippen molar-refractivity contribution in [1.29, 1.82) is 0 Å². The highest BCUT2D eigenvalue weighted by molar-refractivity contribution is 6.18. The maximum absolute atomic E-state index is 12.0. The Kier molecular flexibility index (Phi) is 4.43. The summed E-state index contributed by atoms with van der Waals surface area (Å²) in [6.45, 7) is 0.768. The molecule has 26 heavy (non-hydrogen) atoms. The summed E-state index contributed by atoms with van der Waals surface area (Å²) in [7, 11) is 0. The van der Waals surface area contributed by atoms with Crippen molar-refractivity contribution in [3.05, 3.63) is 89.6 Å². The largest absolute Gasteiger partial charge is 0.366 e. The SMILES string of the molecule is O=C1CN=C(c2ccccc2)c2nc(NCc3ccccc3)ccc2N1.